The number of benzene rings is 2. The molecule has 3 rings (SSSR count). The van der Waals surface area contributed by atoms with Crippen LogP contribution in [0.15, 0.2) is 73.1 Å². The van der Waals surface area contributed by atoms with E-state index >= 15 is 0 Å². The number of hydrogen-bond donors (Lipinski definition) is 2. The smallest absolute Gasteiger partial charge is 0.251 e. The molecule has 6 heteroatoms. The molecule has 27 heavy (non-hydrogen) atoms. The van der Waals surface area contributed by atoms with Crippen molar-refractivity contribution >= 4 is 11.8 Å². The van der Waals surface area contributed by atoms with E-state index in [0.29, 0.717) is 5.56 Å². The van der Waals surface area contributed by atoms with Gasteiger partial charge >= 0.3 is 0 Å². The zero-order chi connectivity index (χ0) is 19.2. The number of aryl methyl sites for hydroxylation is 1. The lowest BCUT2D eigenvalue weighted by Crippen LogP contribution is -2.46. The summed E-state index contributed by atoms with van der Waals surface area (Å²) in [5.74, 6) is 0.152. The Hall–Kier alpha value is -3.41. The number of carbonyl (C=O) groups excluding carboxylic acids is 2. The number of carbonyl (C=O) groups is 2. The van der Waals surface area contributed by atoms with Gasteiger partial charge in [0, 0.05) is 25.0 Å². The number of amides is 2. The largest absolute Gasteiger partial charge is 0.341 e. The number of imidazole rings is 1. The average Bonchev–Trinajstić information content (AvgIpc) is 3.12. The van der Waals surface area contributed by atoms with Crippen LogP contribution in [-0.2, 0) is 11.8 Å². The van der Waals surface area contributed by atoms with Crippen LogP contribution < -0.4 is 10.6 Å². The molecular formula is C21H22N4O2. The van der Waals surface area contributed by atoms with Crippen molar-refractivity contribution < 1.29 is 9.59 Å². The number of rotatable bonds is 6. The van der Waals surface area contributed by atoms with Gasteiger partial charge in [0.1, 0.15) is 17.9 Å². The van der Waals surface area contributed by atoms with Crippen LogP contribution in [-0.4, -0.2) is 27.4 Å². The zero-order valence-electron chi connectivity index (χ0n) is 15.3. The summed E-state index contributed by atoms with van der Waals surface area (Å²) in [6, 6.07) is 17.3. The predicted octanol–water partition coefficient (Wildman–Crippen LogP) is 2.44. The van der Waals surface area contributed by atoms with Gasteiger partial charge in [0.2, 0.25) is 5.91 Å². The van der Waals surface area contributed by atoms with Gasteiger partial charge in [0.05, 0.1) is 0 Å². The van der Waals surface area contributed by atoms with Crippen molar-refractivity contribution in [3.8, 4) is 0 Å². The molecule has 0 spiro atoms. The van der Waals surface area contributed by atoms with Gasteiger partial charge in [0.25, 0.3) is 5.91 Å². The molecule has 0 aliphatic heterocycles. The first-order valence-electron chi connectivity index (χ1n) is 8.74. The summed E-state index contributed by atoms with van der Waals surface area (Å²) in [6.07, 6.45) is 3.52. The van der Waals surface area contributed by atoms with Gasteiger partial charge in [-0.3, -0.25) is 9.59 Å². The Morgan fingerprint density at radius 1 is 0.963 bits per heavy atom. The van der Waals surface area contributed by atoms with E-state index in [2.05, 4.69) is 15.6 Å². The van der Waals surface area contributed by atoms with E-state index in [4.69, 9.17) is 0 Å². The first-order chi connectivity index (χ1) is 13.1. The Morgan fingerprint density at radius 2 is 1.59 bits per heavy atom. The fourth-order valence-electron chi connectivity index (χ4n) is 2.80. The van der Waals surface area contributed by atoms with Crippen molar-refractivity contribution in [2.24, 2.45) is 7.05 Å². The Kier molecular flexibility index (Phi) is 5.66. The van der Waals surface area contributed by atoms with Crippen LogP contribution in [0, 0.1) is 0 Å². The Bertz CT molecular complexity index is 906. The highest BCUT2D eigenvalue weighted by atomic mass is 16.2. The molecule has 0 aliphatic rings. The highest BCUT2D eigenvalue weighted by Gasteiger charge is 2.24. The highest BCUT2D eigenvalue weighted by molar-refractivity contribution is 5.97. The molecule has 0 fully saturated rings. The third-order valence-corrected chi connectivity index (χ3v) is 4.31. The first-order valence-corrected chi connectivity index (χ1v) is 8.74. The van der Waals surface area contributed by atoms with Crippen molar-refractivity contribution in [1.29, 1.82) is 0 Å². The molecule has 0 saturated carbocycles. The molecule has 3 aromatic rings. The fourth-order valence-corrected chi connectivity index (χ4v) is 2.80. The van der Waals surface area contributed by atoms with Crippen molar-refractivity contribution in [2.45, 2.75) is 19.0 Å². The number of hydrogen-bond acceptors (Lipinski definition) is 3. The topological polar surface area (TPSA) is 76.0 Å². The molecule has 0 radical (unpaired) electrons. The molecule has 2 aromatic carbocycles. The quantitative estimate of drug-likeness (QED) is 0.707. The van der Waals surface area contributed by atoms with Gasteiger partial charge in [0.15, 0.2) is 0 Å². The molecule has 0 bridgehead atoms. The monoisotopic (exact) mass is 362 g/mol. The summed E-state index contributed by atoms with van der Waals surface area (Å²) in [7, 11) is 1.88. The van der Waals surface area contributed by atoms with E-state index in [1.54, 1.807) is 37.4 Å². The van der Waals surface area contributed by atoms with Crippen molar-refractivity contribution in [1.82, 2.24) is 20.2 Å². The molecule has 6 nitrogen and oxygen atoms in total. The molecule has 0 unspecified atom stereocenters. The summed E-state index contributed by atoms with van der Waals surface area (Å²) < 4.78 is 1.87. The SMILES string of the molecule is C[C@H](NC(=O)c1ccccc1)C(=O)N[C@@H](c1ccccc1)c1nccn1C. The lowest BCUT2D eigenvalue weighted by atomic mass is 10.1. The molecule has 1 aromatic heterocycles. The second-order valence-corrected chi connectivity index (χ2v) is 6.31. The molecule has 2 N–H and O–H groups in total. The molecule has 1 heterocycles. The minimum Gasteiger partial charge on any atom is -0.341 e. The molecule has 2 atom stereocenters. The van der Waals surface area contributed by atoms with Crippen molar-refractivity contribution in [3.05, 3.63) is 90.0 Å². The van der Waals surface area contributed by atoms with Crippen molar-refractivity contribution in [2.75, 3.05) is 0 Å². The lowest BCUT2D eigenvalue weighted by molar-refractivity contribution is -0.123. The number of nitrogens with zero attached hydrogens (tertiary/aromatic N) is 2. The van der Waals surface area contributed by atoms with Crippen LogP contribution in [0.3, 0.4) is 0 Å². The summed E-state index contributed by atoms with van der Waals surface area (Å²) in [6.45, 7) is 1.66. The Morgan fingerprint density at radius 3 is 2.19 bits per heavy atom. The first kappa shape index (κ1) is 18.4. The summed E-state index contributed by atoms with van der Waals surface area (Å²) in [5.41, 5.74) is 1.43. The van der Waals surface area contributed by atoms with Crippen LogP contribution in [0.1, 0.15) is 34.7 Å². The summed E-state index contributed by atoms with van der Waals surface area (Å²) >= 11 is 0. The minimum atomic E-state index is -0.691. The Labute approximate surface area is 158 Å². The summed E-state index contributed by atoms with van der Waals surface area (Å²) in [4.78, 5) is 29.4. The van der Waals surface area contributed by atoms with Gasteiger partial charge in [-0.1, -0.05) is 48.5 Å². The molecule has 2 amide bonds. The lowest BCUT2D eigenvalue weighted by Gasteiger charge is -2.22. The van der Waals surface area contributed by atoms with Crippen LogP contribution in [0.4, 0.5) is 0 Å². The van der Waals surface area contributed by atoms with Crippen LogP contribution in [0.2, 0.25) is 0 Å². The maximum Gasteiger partial charge on any atom is 0.251 e. The molecule has 0 aliphatic carbocycles. The Balaban J connectivity index is 1.74. The summed E-state index contributed by atoms with van der Waals surface area (Å²) in [5, 5.41) is 5.73. The van der Waals surface area contributed by atoms with Gasteiger partial charge in [-0.2, -0.15) is 0 Å². The predicted molar refractivity (Wildman–Crippen MR) is 103 cm³/mol. The van der Waals surface area contributed by atoms with Crippen LogP contribution in [0.5, 0.6) is 0 Å². The van der Waals surface area contributed by atoms with E-state index in [0.717, 1.165) is 11.4 Å². The number of aromatic nitrogens is 2. The van der Waals surface area contributed by atoms with E-state index in [-0.39, 0.29) is 11.8 Å². The maximum absolute atomic E-state index is 12.7. The molecule has 0 saturated heterocycles. The molecule has 138 valence electrons. The fraction of sp³-hybridized carbons (Fsp3) is 0.190. The third-order valence-electron chi connectivity index (χ3n) is 4.31. The van der Waals surface area contributed by atoms with Crippen LogP contribution >= 0.6 is 0 Å². The second-order valence-electron chi connectivity index (χ2n) is 6.31. The van der Waals surface area contributed by atoms with Gasteiger partial charge < -0.3 is 15.2 Å². The highest BCUT2D eigenvalue weighted by Crippen LogP contribution is 2.20. The van der Waals surface area contributed by atoms with E-state index in [9.17, 15) is 9.59 Å². The number of nitrogens with one attached hydrogen (secondary N) is 2. The molecular weight excluding hydrogens is 340 g/mol. The second kappa shape index (κ2) is 8.31. The zero-order valence-corrected chi connectivity index (χ0v) is 15.3. The normalized spacial score (nSPS) is 12.8. The van der Waals surface area contributed by atoms with E-state index < -0.39 is 12.1 Å². The standard InChI is InChI=1S/C21H22N4O2/c1-15(23-21(27)17-11-7-4-8-12-17)20(26)24-18(16-9-5-3-6-10-16)19-22-13-14-25(19)2/h3-15,18H,1-2H3,(H,23,27)(H,24,26)/t15-,18-/m0/s1. The third kappa shape index (κ3) is 4.41. The van der Waals surface area contributed by atoms with Gasteiger partial charge in [-0.05, 0) is 24.6 Å². The van der Waals surface area contributed by atoms with Crippen molar-refractivity contribution in [3.63, 3.8) is 0 Å². The van der Waals surface area contributed by atoms with Crippen LogP contribution in [0.25, 0.3) is 0 Å². The maximum atomic E-state index is 12.7. The van der Waals surface area contributed by atoms with E-state index in [1.807, 2.05) is 54.2 Å². The van der Waals surface area contributed by atoms with E-state index in [1.165, 1.54) is 0 Å². The van der Waals surface area contributed by atoms with Gasteiger partial charge in [-0.15, -0.1) is 0 Å². The average molecular weight is 362 g/mol. The van der Waals surface area contributed by atoms with Gasteiger partial charge in [-0.25, -0.2) is 4.98 Å². The minimum absolute atomic E-state index is 0.281.